The highest BCUT2D eigenvalue weighted by Gasteiger charge is 2.21. The van der Waals surface area contributed by atoms with Gasteiger partial charge < -0.3 is 16.8 Å². The van der Waals surface area contributed by atoms with Crippen molar-refractivity contribution in [3.63, 3.8) is 0 Å². The third-order valence-electron chi connectivity index (χ3n) is 2.89. The van der Waals surface area contributed by atoms with E-state index < -0.39 is 11.7 Å². The molecule has 1 aromatic carbocycles. The molecule has 0 bridgehead atoms. The van der Waals surface area contributed by atoms with Gasteiger partial charge in [0.25, 0.3) is 5.91 Å². The molecule has 19 heavy (non-hydrogen) atoms. The van der Waals surface area contributed by atoms with E-state index in [9.17, 15) is 14.0 Å². The van der Waals surface area contributed by atoms with Gasteiger partial charge in [-0.3, -0.25) is 9.59 Å². The van der Waals surface area contributed by atoms with E-state index in [1.807, 2.05) is 13.8 Å². The summed E-state index contributed by atoms with van der Waals surface area (Å²) < 4.78 is 13.3. The Morgan fingerprint density at radius 3 is 2.47 bits per heavy atom. The predicted octanol–water partition coefficient (Wildman–Crippen LogP) is 1.09. The van der Waals surface area contributed by atoms with Gasteiger partial charge in [0.15, 0.2) is 0 Å². The van der Waals surface area contributed by atoms with Crippen LogP contribution in [0.15, 0.2) is 18.2 Å². The molecule has 104 valence electrons. The van der Waals surface area contributed by atoms with Crippen molar-refractivity contribution in [3.05, 3.63) is 29.6 Å². The van der Waals surface area contributed by atoms with Crippen molar-refractivity contribution in [1.29, 1.82) is 0 Å². The van der Waals surface area contributed by atoms with Crippen LogP contribution >= 0.6 is 0 Å². The molecule has 0 aromatic heterocycles. The number of hydrogen-bond donors (Lipinski definition) is 3. The first-order chi connectivity index (χ1) is 8.86. The van der Waals surface area contributed by atoms with Gasteiger partial charge in [-0.2, -0.15) is 0 Å². The second-order valence-corrected chi connectivity index (χ2v) is 4.63. The van der Waals surface area contributed by atoms with Crippen LogP contribution in [0.2, 0.25) is 0 Å². The maximum atomic E-state index is 13.3. The van der Waals surface area contributed by atoms with Crippen LogP contribution in [-0.2, 0) is 4.79 Å². The molecule has 0 saturated carbocycles. The Hall–Kier alpha value is -1.95. The lowest BCUT2D eigenvalue weighted by Gasteiger charge is -2.18. The van der Waals surface area contributed by atoms with E-state index in [2.05, 4.69) is 5.32 Å². The average molecular weight is 267 g/mol. The standard InChI is InChI=1S/C13H18FN3O2/c1-7(2)10(6-15)13(19)17-8-3-4-11(14)9(5-8)12(16)18/h3-5,7,10H,6,15H2,1-2H3,(H2,16,18)(H,17,19). The van der Waals surface area contributed by atoms with Crippen LogP contribution in [0.3, 0.4) is 0 Å². The fourth-order valence-corrected chi connectivity index (χ4v) is 1.71. The molecule has 0 spiro atoms. The zero-order chi connectivity index (χ0) is 14.6. The molecule has 0 heterocycles. The van der Waals surface area contributed by atoms with Gasteiger partial charge in [-0.05, 0) is 24.1 Å². The van der Waals surface area contributed by atoms with Crippen LogP contribution in [0.25, 0.3) is 0 Å². The summed E-state index contributed by atoms with van der Waals surface area (Å²) in [6, 6.07) is 3.67. The van der Waals surface area contributed by atoms with Crippen LogP contribution in [0.5, 0.6) is 0 Å². The number of carbonyl (C=O) groups is 2. The molecule has 0 saturated heterocycles. The summed E-state index contributed by atoms with van der Waals surface area (Å²) in [5.41, 5.74) is 10.6. The van der Waals surface area contributed by atoms with Crippen molar-refractivity contribution in [2.75, 3.05) is 11.9 Å². The Labute approximate surface area is 111 Å². The van der Waals surface area contributed by atoms with Gasteiger partial charge in [-0.1, -0.05) is 13.8 Å². The second kappa shape index (κ2) is 6.29. The van der Waals surface area contributed by atoms with Crippen molar-refractivity contribution in [2.24, 2.45) is 23.3 Å². The summed E-state index contributed by atoms with van der Waals surface area (Å²) in [5, 5.41) is 2.60. The lowest BCUT2D eigenvalue weighted by Crippen LogP contribution is -2.33. The molecule has 0 aliphatic heterocycles. The summed E-state index contributed by atoms with van der Waals surface area (Å²) in [7, 11) is 0. The molecule has 2 amide bonds. The quantitative estimate of drug-likeness (QED) is 0.744. The molecule has 5 nitrogen and oxygen atoms in total. The number of benzene rings is 1. The number of nitrogens with one attached hydrogen (secondary N) is 1. The highest BCUT2D eigenvalue weighted by Crippen LogP contribution is 2.17. The molecular weight excluding hydrogens is 249 g/mol. The molecule has 0 radical (unpaired) electrons. The molecule has 1 unspecified atom stereocenters. The van der Waals surface area contributed by atoms with E-state index in [4.69, 9.17) is 11.5 Å². The average Bonchev–Trinajstić information content (AvgIpc) is 2.31. The maximum absolute atomic E-state index is 13.3. The lowest BCUT2D eigenvalue weighted by atomic mass is 9.95. The third-order valence-corrected chi connectivity index (χ3v) is 2.89. The van der Waals surface area contributed by atoms with Gasteiger partial charge in [-0.25, -0.2) is 4.39 Å². The van der Waals surface area contributed by atoms with Gasteiger partial charge in [-0.15, -0.1) is 0 Å². The number of rotatable bonds is 5. The fraction of sp³-hybridized carbons (Fsp3) is 0.385. The zero-order valence-corrected chi connectivity index (χ0v) is 10.9. The second-order valence-electron chi connectivity index (χ2n) is 4.63. The van der Waals surface area contributed by atoms with Gasteiger partial charge in [0.1, 0.15) is 5.82 Å². The summed E-state index contributed by atoms with van der Waals surface area (Å²) in [6.07, 6.45) is 0. The van der Waals surface area contributed by atoms with Crippen molar-refractivity contribution in [1.82, 2.24) is 0 Å². The number of nitrogens with two attached hydrogens (primary N) is 2. The van der Waals surface area contributed by atoms with E-state index in [-0.39, 0.29) is 29.9 Å². The van der Waals surface area contributed by atoms with Gasteiger partial charge in [0, 0.05) is 12.2 Å². The minimum absolute atomic E-state index is 0.0843. The number of hydrogen-bond acceptors (Lipinski definition) is 3. The third kappa shape index (κ3) is 3.75. The number of amides is 2. The van der Waals surface area contributed by atoms with E-state index in [1.54, 1.807) is 0 Å². The Morgan fingerprint density at radius 1 is 1.37 bits per heavy atom. The smallest absolute Gasteiger partial charge is 0.251 e. The Morgan fingerprint density at radius 2 is 2.00 bits per heavy atom. The van der Waals surface area contributed by atoms with Crippen molar-refractivity contribution in [3.8, 4) is 0 Å². The molecular formula is C13H18FN3O2. The predicted molar refractivity (Wildman–Crippen MR) is 70.9 cm³/mol. The number of carbonyl (C=O) groups excluding carboxylic acids is 2. The summed E-state index contributed by atoms with van der Waals surface area (Å²) in [6.45, 7) is 3.99. The molecule has 1 rings (SSSR count). The summed E-state index contributed by atoms with van der Waals surface area (Å²) in [5.74, 6) is -2.12. The van der Waals surface area contributed by atoms with Crippen molar-refractivity contribution in [2.45, 2.75) is 13.8 Å². The van der Waals surface area contributed by atoms with E-state index in [0.717, 1.165) is 6.07 Å². The largest absolute Gasteiger partial charge is 0.366 e. The van der Waals surface area contributed by atoms with Crippen LogP contribution in [0, 0.1) is 17.7 Å². The molecule has 0 aliphatic carbocycles. The number of anilines is 1. The van der Waals surface area contributed by atoms with Crippen LogP contribution in [0.1, 0.15) is 24.2 Å². The molecule has 5 N–H and O–H groups in total. The molecule has 1 atom stereocenters. The fourth-order valence-electron chi connectivity index (χ4n) is 1.71. The van der Waals surface area contributed by atoms with Crippen molar-refractivity contribution >= 4 is 17.5 Å². The molecule has 6 heteroatoms. The topological polar surface area (TPSA) is 98.2 Å². The lowest BCUT2D eigenvalue weighted by molar-refractivity contribution is -0.120. The van der Waals surface area contributed by atoms with Gasteiger partial charge in [0.2, 0.25) is 5.91 Å². The van der Waals surface area contributed by atoms with E-state index in [0.29, 0.717) is 5.69 Å². The Kier molecular flexibility index (Phi) is 5.00. The number of primary amides is 1. The Balaban J connectivity index is 2.91. The first kappa shape index (κ1) is 15.1. The first-order valence-corrected chi connectivity index (χ1v) is 5.97. The zero-order valence-electron chi connectivity index (χ0n) is 10.9. The first-order valence-electron chi connectivity index (χ1n) is 5.97. The molecule has 0 fully saturated rings. The molecule has 1 aromatic rings. The van der Waals surface area contributed by atoms with Gasteiger partial charge >= 0.3 is 0 Å². The number of halogens is 1. The van der Waals surface area contributed by atoms with Crippen molar-refractivity contribution < 1.29 is 14.0 Å². The Bertz CT molecular complexity index is 489. The normalized spacial score (nSPS) is 12.3. The van der Waals surface area contributed by atoms with Crippen LogP contribution < -0.4 is 16.8 Å². The highest BCUT2D eigenvalue weighted by molar-refractivity contribution is 5.97. The van der Waals surface area contributed by atoms with Crippen LogP contribution in [0.4, 0.5) is 10.1 Å². The van der Waals surface area contributed by atoms with Crippen LogP contribution in [-0.4, -0.2) is 18.4 Å². The minimum Gasteiger partial charge on any atom is -0.366 e. The highest BCUT2D eigenvalue weighted by atomic mass is 19.1. The maximum Gasteiger partial charge on any atom is 0.251 e. The monoisotopic (exact) mass is 267 g/mol. The summed E-state index contributed by atoms with van der Waals surface area (Å²) >= 11 is 0. The van der Waals surface area contributed by atoms with Gasteiger partial charge in [0.05, 0.1) is 11.5 Å². The minimum atomic E-state index is -0.882. The molecule has 0 aliphatic rings. The van der Waals surface area contributed by atoms with E-state index in [1.165, 1.54) is 12.1 Å². The van der Waals surface area contributed by atoms with E-state index >= 15 is 0 Å². The summed E-state index contributed by atoms with van der Waals surface area (Å²) in [4.78, 5) is 23.0. The SMILES string of the molecule is CC(C)C(CN)C(=O)Nc1ccc(F)c(C(N)=O)c1.